The maximum atomic E-state index is 12.5. The Hall–Kier alpha value is -3.06. The van der Waals surface area contributed by atoms with Crippen LogP contribution in [0.4, 0.5) is 5.69 Å². The quantitative estimate of drug-likeness (QED) is 0.628. The Labute approximate surface area is 176 Å². The first-order valence-corrected chi connectivity index (χ1v) is 10.0. The van der Waals surface area contributed by atoms with Gasteiger partial charge >= 0.3 is 0 Å². The lowest BCUT2D eigenvalue weighted by molar-refractivity contribution is -0.124. The maximum Gasteiger partial charge on any atom is 0.240 e. The van der Waals surface area contributed by atoms with Gasteiger partial charge in [-0.2, -0.15) is 0 Å². The first-order chi connectivity index (χ1) is 14.1. The van der Waals surface area contributed by atoms with E-state index < -0.39 is 0 Å². The number of furan rings is 1. The molecule has 4 rings (SSSR count). The lowest BCUT2D eigenvalue weighted by atomic mass is 10.2. The number of carbonyl (C=O) groups is 2. The fraction of sp³-hybridized carbons (Fsp3) is 0.182. The van der Waals surface area contributed by atoms with Crippen molar-refractivity contribution in [3.05, 3.63) is 70.9 Å². The van der Waals surface area contributed by atoms with Crippen molar-refractivity contribution >= 4 is 33.4 Å². The average Bonchev–Trinajstić information content (AvgIpc) is 3.14. The summed E-state index contributed by atoms with van der Waals surface area (Å²) in [6.07, 6.45) is 0.233. The molecule has 148 valence electrons. The fourth-order valence-electron chi connectivity index (χ4n) is 3.12. The molecule has 0 radical (unpaired) electrons. The van der Waals surface area contributed by atoms with Gasteiger partial charge in [0.1, 0.15) is 23.8 Å². The van der Waals surface area contributed by atoms with Crippen LogP contribution in [-0.4, -0.2) is 25.0 Å². The van der Waals surface area contributed by atoms with E-state index in [1.165, 1.54) is 4.90 Å². The molecule has 6 nitrogen and oxygen atoms in total. The van der Waals surface area contributed by atoms with Crippen molar-refractivity contribution in [1.29, 1.82) is 0 Å². The van der Waals surface area contributed by atoms with Crippen LogP contribution < -0.4 is 15.0 Å². The summed E-state index contributed by atoms with van der Waals surface area (Å²) in [6, 6.07) is 18.7. The number of nitrogens with one attached hydrogen (secondary N) is 1. The van der Waals surface area contributed by atoms with Gasteiger partial charge in [0.15, 0.2) is 0 Å². The Morgan fingerprint density at radius 1 is 1.07 bits per heavy atom. The summed E-state index contributed by atoms with van der Waals surface area (Å²) in [6.45, 7) is 0.480. The molecule has 1 N–H and O–H groups in total. The predicted molar refractivity (Wildman–Crippen MR) is 113 cm³/mol. The van der Waals surface area contributed by atoms with E-state index in [0.717, 1.165) is 15.8 Å². The number of carbonyl (C=O) groups excluding carboxylic acids is 2. The van der Waals surface area contributed by atoms with Gasteiger partial charge in [0.25, 0.3) is 0 Å². The van der Waals surface area contributed by atoms with Crippen LogP contribution in [0, 0.1) is 0 Å². The number of fused-ring (bicyclic) bond motifs is 1. The number of hydrogen-bond donors (Lipinski definition) is 1. The Morgan fingerprint density at radius 3 is 2.69 bits per heavy atom. The third kappa shape index (κ3) is 4.51. The zero-order chi connectivity index (χ0) is 20.2. The van der Waals surface area contributed by atoms with E-state index in [1.54, 1.807) is 12.1 Å². The summed E-state index contributed by atoms with van der Waals surface area (Å²) in [7, 11) is 0. The molecule has 7 heteroatoms. The molecule has 0 atom stereocenters. The summed E-state index contributed by atoms with van der Waals surface area (Å²) in [5.41, 5.74) is 1.57. The first-order valence-electron chi connectivity index (χ1n) is 9.24. The van der Waals surface area contributed by atoms with Crippen LogP contribution in [-0.2, 0) is 16.1 Å². The van der Waals surface area contributed by atoms with Crippen LogP contribution in [0.3, 0.4) is 0 Å². The van der Waals surface area contributed by atoms with E-state index in [9.17, 15) is 9.59 Å². The molecule has 3 aromatic rings. The third-order valence-electron chi connectivity index (χ3n) is 4.58. The highest BCUT2D eigenvalue weighted by atomic mass is 79.9. The number of para-hydroxylation sites is 2. The van der Waals surface area contributed by atoms with Gasteiger partial charge in [0.05, 0.1) is 25.3 Å². The number of hydrogen-bond acceptors (Lipinski definition) is 4. The van der Waals surface area contributed by atoms with Gasteiger partial charge in [-0.05, 0) is 36.4 Å². The van der Waals surface area contributed by atoms with E-state index in [1.807, 2.05) is 48.5 Å². The standard InChI is InChI=1S/C22H19BrN2O4/c23-16-7-5-15(6-8-16)19-10-9-17(29-19)13-24-21(26)14-25-18-3-1-2-4-20(18)28-12-11-22(25)27/h1-10H,11-14H2,(H,24,26). The molecule has 2 heterocycles. The van der Waals surface area contributed by atoms with Crippen molar-refractivity contribution in [2.24, 2.45) is 0 Å². The van der Waals surface area contributed by atoms with Crippen molar-refractivity contribution in [3.63, 3.8) is 0 Å². The summed E-state index contributed by atoms with van der Waals surface area (Å²) >= 11 is 3.41. The molecule has 29 heavy (non-hydrogen) atoms. The second-order valence-electron chi connectivity index (χ2n) is 6.60. The zero-order valence-electron chi connectivity index (χ0n) is 15.6. The van der Waals surface area contributed by atoms with Crippen LogP contribution >= 0.6 is 15.9 Å². The first kappa shape index (κ1) is 19.3. The fourth-order valence-corrected chi connectivity index (χ4v) is 3.38. The van der Waals surface area contributed by atoms with Gasteiger partial charge in [0, 0.05) is 10.0 Å². The Kier molecular flexibility index (Phi) is 5.67. The number of anilines is 1. The van der Waals surface area contributed by atoms with Gasteiger partial charge in [0.2, 0.25) is 11.8 Å². The third-order valence-corrected chi connectivity index (χ3v) is 5.11. The molecule has 1 aliphatic rings. The number of nitrogens with zero attached hydrogens (tertiary/aromatic N) is 1. The van der Waals surface area contributed by atoms with Gasteiger partial charge in [-0.1, -0.05) is 40.2 Å². The Bertz CT molecular complexity index is 1030. The van der Waals surface area contributed by atoms with Crippen LogP contribution in [0.1, 0.15) is 12.2 Å². The minimum Gasteiger partial charge on any atom is -0.491 e. The number of rotatable bonds is 5. The normalized spacial score (nSPS) is 13.4. The number of ether oxygens (including phenoxy) is 1. The molecule has 0 saturated heterocycles. The van der Waals surface area contributed by atoms with Gasteiger partial charge in [-0.25, -0.2) is 0 Å². The number of halogens is 1. The highest BCUT2D eigenvalue weighted by Crippen LogP contribution is 2.30. The molecule has 0 bridgehead atoms. The van der Waals surface area contributed by atoms with Crippen molar-refractivity contribution < 1.29 is 18.7 Å². The van der Waals surface area contributed by atoms with Crippen LogP contribution in [0.2, 0.25) is 0 Å². The van der Waals surface area contributed by atoms with E-state index in [4.69, 9.17) is 9.15 Å². The van der Waals surface area contributed by atoms with Crippen LogP contribution in [0.15, 0.2) is 69.6 Å². The summed E-state index contributed by atoms with van der Waals surface area (Å²) in [4.78, 5) is 26.4. The molecule has 0 aliphatic carbocycles. The molecule has 0 fully saturated rings. The average molecular weight is 455 g/mol. The van der Waals surface area contributed by atoms with Crippen LogP contribution in [0.5, 0.6) is 5.75 Å². The van der Waals surface area contributed by atoms with Gasteiger partial charge in [-0.3, -0.25) is 14.5 Å². The number of amides is 2. The molecule has 1 aliphatic heterocycles. The maximum absolute atomic E-state index is 12.5. The van der Waals surface area contributed by atoms with E-state index in [0.29, 0.717) is 23.8 Å². The Balaban J connectivity index is 1.39. The highest BCUT2D eigenvalue weighted by Gasteiger charge is 2.25. The molecule has 0 unspecified atom stereocenters. The molecule has 2 amide bonds. The summed E-state index contributed by atoms with van der Waals surface area (Å²) < 4.78 is 12.4. The minimum absolute atomic E-state index is 0.0700. The molecule has 1 aromatic heterocycles. The second kappa shape index (κ2) is 8.53. The predicted octanol–water partition coefficient (Wildman–Crippen LogP) is 4.14. The topological polar surface area (TPSA) is 71.8 Å². The van der Waals surface area contributed by atoms with Crippen molar-refractivity contribution in [1.82, 2.24) is 5.32 Å². The van der Waals surface area contributed by atoms with E-state index in [-0.39, 0.29) is 31.3 Å². The molecular weight excluding hydrogens is 436 g/mol. The minimum atomic E-state index is -0.267. The van der Waals surface area contributed by atoms with Crippen molar-refractivity contribution in [3.8, 4) is 17.1 Å². The van der Waals surface area contributed by atoms with E-state index in [2.05, 4.69) is 21.2 Å². The van der Waals surface area contributed by atoms with Crippen molar-refractivity contribution in [2.45, 2.75) is 13.0 Å². The number of benzene rings is 2. The van der Waals surface area contributed by atoms with Crippen LogP contribution in [0.25, 0.3) is 11.3 Å². The van der Waals surface area contributed by atoms with Gasteiger partial charge in [-0.15, -0.1) is 0 Å². The summed E-state index contributed by atoms with van der Waals surface area (Å²) in [5, 5.41) is 2.82. The highest BCUT2D eigenvalue weighted by molar-refractivity contribution is 9.10. The molecule has 0 spiro atoms. The molecule has 2 aromatic carbocycles. The molecule has 0 saturated carbocycles. The largest absolute Gasteiger partial charge is 0.491 e. The monoisotopic (exact) mass is 454 g/mol. The van der Waals surface area contributed by atoms with Gasteiger partial charge < -0.3 is 14.5 Å². The lowest BCUT2D eigenvalue weighted by Crippen LogP contribution is -2.40. The van der Waals surface area contributed by atoms with E-state index >= 15 is 0 Å². The molecular formula is C22H19BrN2O4. The van der Waals surface area contributed by atoms with Crippen molar-refractivity contribution in [2.75, 3.05) is 18.1 Å². The summed E-state index contributed by atoms with van der Waals surface area (Å²) in [5.74, 6) is 1.58. The Morgan fingerprint density at radius 2 is 1.86 bits per heavy atom. The SMILES string of the molecule is O=C(CN1C(=O)CCOc2ccccc21)NCc1ccc(-c2ccc(Br)cc2)o1. The lowest BCUT2D eigenvalue weighted by Gasteiger charge is -2.21. The zero-order valence-corrected chi connectivity index (χ0v) is 17.1. The smallest absolute Gasteiger partial charge is 0.240 e. The second-order valence-corrected chi connectivity index (χ2v) is 7.51.